The lowest BCUT2D eigenvalue weighted by Gasteiger charge is -2.13. The fourth-order valence-corrected chi connectivity index (χ4v) is 2.70. The Balaban J connectivity index is 1.79. The molecular weight excluding hydrogens is 356 g/mol. The molecule has 0 amide bonds. The van der Waals surface area contributed by atoms with Gasteiger partial charge in [-0.15, -0.1) is 0 Å². The van der Waals surface area contributed by atoms with Gasteiger partial charge in [-0.05, 0) is 72.1 Å². The minimum absolute atomic E-state index is 0.590. The summed E-state index contributed by atoms with van der Waals surface area (Å²) in [6, 6.07) is 11.9. The van der Waals surface area contributed by atoms with Gasteiger partial charge >= 0.3 is 0 Å². The molecule has 124 valence electrons. The van der Waals surface area contributed by atoms with Gasteiger partial charge in [0.1, 0.15) is 5.75 Å². The highest BCUT2D eigenvalue weighted by Gasteiger charge is 2.05. The van der Waals surface area contributed by atoms with Crippen LogP contribution in [0.3, 0.4) is 0 Å². The first-order valence-corrected chi connectivity index (χ1v) is 8.65. The first-order valence-electron chi connectivity index (χ1n) is 7.86. The molecule has 4 heteroatoms. The fourth-order valence-electron chi connectivity index (χ4n) is 2.13. The second-order valence-corrected chi connectivity index (χ2v) is 6.15. The zero-order valence-corrected chi connectivity index (χ0v) is 15.5. The van der Waals surface area contributed by atoms with Crippen LogP contribution in [0.15, 0.2) is 40.9 Å². The van der Waals surface area contributed by atoms with E-state index in [9.17, 15) is 0 Å². The van der Waals surface area contributed by atoms with E-state index in [4.69, 9.17) is 14.2 Å². The van der Waals surface area contributed by atoms with Gasteiger partial charge < -0.3 is 14.2 Å². The Morgan fingerprint density at radius 3 is 2.04 bits per heavy atom. The standard InChI is InChI=1S/C19H23BrO3/c1-4-21-17-8-5-6-9-18(17)22-10-7-11-23-19-13-15(3)14(2)12-16(19)20/h5-6,8-9,12-13H,4,7,10-11H2,1-3H3. The predicted molar refractivity (Wildman–Crippen MR) is 96.8 cm³/mol. The maximum atomic E-state index is 5.83. The van der Waals surface area contributed by atoms with Crippen molar-refractivity contribution >= 4 is 15.9 Å². The molecular formula is C19H23BrO3. The second-order valence-electron chi connectivity index (χ2n) is 5.30. The van der Waals surface area contributed by atoms with E-state index in [0.717, 1.165) is 28.1 Å². The molecule has 2 rings (SSSR count). The SMILES string of the molecule is CCOc1ccccc1OCCCOc1cc(C)c(C)cc1Br. The van der Waals surface area contributed by atoms with E-state index >= 15 is 0 Å². The second kappa shape index (κ2) is 8.82. The van der Waals surface area contributed by atoms with Gasteiger partial charge in [-0.1, -0.05) is 12.1 Å². The summed E-state index contributed by atoms with van der Waals surface area (Å²) >= 11 is 3.54. The Kier molecular flexibility index (Phi) is 6.78. The maximum absolute atomic E-state index is 5.83. The number of ether oxygens (including phenoxy) is 3. The predicted octanol–water partition coefficient (Wildman–Crippen LogP) is 5.31. The molecule has 3 nitrogen and oxygen atoms in total. The van der Waals surface area contributed by atoms with E-state index in [0.29, 0.717) is 19.8 Å². The Labute approximate surface area is 146 Å². The van der Waals surface area contributed by atoms with Gasteiger partial charge in [0.05, 0.1) is 24.3 Å². The number of halogens is 1. The van der Waals surface area contributed by atoms with Crippen molar-refractivity contribution in [2.75, 3.05) is 19.8 Å². The van der Waals surface area contributed by atoms with Crippen molar-refractivity contribution in [1.82, 2.24) is 0 Å². The highest BCUT2D eigenvalue weighted by molar-refractivity contribution is 9.10. The smallest absolute Gasteiger partial charge is 0.161 e. The van der Waals surface area contributed by atoms with Crippen LogP contribution in [0.4, 0.5) is 0 Å². The largest absolute Gasteiger partial charge is 0.492 e. The third-order valence-electron chi connectivity index (χ3n) is 3.50. The Morgan fingerprint density at radius 2 is 1.39 bits per heavy atom. The Morgan fingerprint density at radius 1 is 0.826 bits per heavy atom. The van der Waals surface area contributed by atoms with Crippen LogP contribution < -0.4 is 14.2 Å². The van der Waals surface area contributed by atoms with Crippen LogP contribution in [0.1, 0.15) is 24.5 Å². The highest BCUT2D eigenvalue weighted by Crippen LogP contribution is 2.29. The lowest BCUT2D eigenvalue weighted by molar-refractivity contribution is 0.235. The average Bonchev–Trinajstić information content (AvgIpc) is 2.53. The number of hydrogen-bond donors (Lipinski definition) is 0. The van der Waals surface area contributed by atoms with E-state index in [1.807, 2.05) is 31.2 Å². The molecule has 0 atom stereocenters. The van der Waals surface area contributed by atoms with Gasteiger partial charge in [0, 0.05) is 6.42 Å². The van der Waals surface area contributed by atoms with E-state index < -0.39 is 0 Å². The summed E-state index contributed by atoms with van der Waals surface area (Å²) < 4.78 is 18.1. The quantitative estimate of drug-likeness (QED) is 0.582. The van der Waals surface area contributed by atoms with Crippen molar-refractivity contribution < 1.29 is 14.2 Å². The summed E-state index contributed by atoms with van der Waals surface area (Å²) in [6.07, 6.45) is 0.805. The van der Waals surface area contributed by atoms with E-state index in [-0.39, 0.29) is 0 Å². The van der Waals surface area contributed by atoms with Crippen molar-refractivity contribution in [2.45, 2.75) is 27.2 Å². The molecule has 0 radical (unpaired) electrons. The monoisotopic (exact) mass is 378 g/mol. The Bertz CT molecular complexity index is 641. The molecule has 0 N–H and O–H groups in total. The average molecular weight is 379 g/mol. The molecule has 0 heterocycles. The lowest BCUT2D eigenvalue weighted by Crippen LogP contribution is -2.06. The van der Waals surface area contributed by atoms with Gasteiger partial charge in [-0.3, -0.25) is 0 Å². The zero-order chi connectivity index (χ0) is 16.7. The summed E-state index contributed by atoms with van der Waals surface area (Å²) in [6.45, 7) is 7.97. The maximum Gasteiger partial charge on any atom is 0.161 e. The summed E-state index contributed by atoms with van der Waals surface area (Å²) in [5.41, 5.74) is 2.48. The van der Waals surface area contributed by atoms with E-state index in [2.05, 4.69) is 41.9 Å². The molecule has 0 aliphatic heterocycles. The summed E-state index contributed by atoms with van der Waals surface area (Å²) in [4.78, 5) is 0. The van der Waals surface area contributed by atoms with Crippen LogP contribution in [0.25, 0.3) is 0 Å². The van der Waals surface area contributed by atoms with Crippen molar-refractivity contribution in [3.63, 3.8) is 0 Å². The van der Waals surface area contributed by atoms with Crippen LogP contribution >= 0.6 is 15.9 Å². The van der Waals surface area contributed by atoms with E-state index in [1.54, 1.807) is 0 Å². The molecule has 0 saturated carbocycles. The van der Waals surface area contributed by atoms with Crippen LogP contribution in [0.2, 0.25) is 0 Å². The van der Waals surface area contributed by atoms with Crippen molar-refractivity contribution in [2.24, 2.45) is 0 Å². The van der Waals surface area contributed by atoms with Crippen LogP contribution in [-0.4, -0.2) is 19.8 Å². The molecule has 2 aromatic carbocycles. The van der Waals surface area contributed by atoms with Crippen molar-refractivity contribution in [3.8, 4) is 17.2 Å². The minimum Gasteiger partial charge on any atom is -0.492 e. The first kappa shape index (κ1) is 17.7. The molecule has 0 aliphatic carbocycles. The van der Waals surface area contributed by atoms with Crippen LogP contribution in [0.5, 0.6) is 17.2 Å². The molecule has 0 aliphatic rings. The zero-order valence-electron chi connectivity index (χ0n) is 13.9. The molecule has 0 unspecified atom stereocenters. The first-order chi connectivity index (χ1) is 11.1. The Hall–Kier alpha value is -1.68. The topological polar surface area (TPSA) is 27.7 Å². The number of hydrogen-bond acceptors (Lipinski definition) is 3. The summed E-state index contributed by atoms with van der Waals surface area (Å²) in [7, 11) is 0. The molecule has 0 spiro atoms. The number of para-hydroxylation sites is 2. The van der Waals surface area contributed by atoms with Gasteiger partial charge in [-0.25, -0.2) is 0 Å². The molecule has 0 saturated heterocycles. The lowest BCUT2D eigenvalue weighted by atomic mass is 10.1. The van der Waals surface area contributed by atoms with Gasteiger partial charge in [0.2, 0.25) is 0 Å². The van der Waals surface area contributed by atoms with Gasteiger partial charge in [0.25, 0.3) is 0 Å². The normalized spacial score (nSPS) is 10.4. The van der Waals surface area contributed by atoms with Gasteiger partial charge in [-0.2, -0.15) is 0 Å². The molecule has 23 heavy (non-hydrogen) atoms. The third-order valence-corrected chi connectivity index (χ3v) is 4.12. The summed E-state index contributed by atoms with van der Waals surface area (Å²) in [5.74, 6) is 2.44. The van der Waals surface area contributed by atoms with Crippen molar-refractivity contribution in [1.29, 1.82) is 0 Å². The fraction of sp³-hybridized carbons (Fsp3) is 0.368. The molecule has 2 aromatic rings. The molecule has 0 bridgehead atoms. The van der Waals surface area contributed by atoms with E-state index in [1.165, 1.54) is 11.1 Å². The highest BCUT2D eigenvalue weighted by atomic mass is 79.9. The third kappa shape index (κ3) is 5.17. The number of aryl methyl sites for hydroxylation is 2. The van der Waals surface area contributed by atoms with Gasteiger partial charge in [0.15, 0.2) is 11.5 Å². The number of benzene rings is 2. The minimum atomic E-state index is 0.590. The van der Waals surface area contributed by atoms with Crippen LogP contribution in [0, 0.1) is 13.8 Å². The van der Waals surface area contributed by atoms with Crippen LogP contribution in [-0.2, 0) is 0 Å². The summed E-state index contributed by atoms with van der Waals surface area (Å²) in [5, 5.41) is 0. The van der Waals surface area contributed by atoms with Crippen molar-refractivity contribution in [3.05, 3.63) is 52.0 Å². The number of rotatable bonds is 8. The molecule has 0 fully saturated rings. The molecule has 0 aromatic heterocycles.